The van der Waals surface area contributed by atoms with Crippen LogP contribution in [0.4, 0.5) is 5.69 Å². The van der Waals surface area contributed by atoms with Gasteiger partial charge < -0.3 is 14.7 Å². The van der Waals surface area contributed by atoms with Crippen molar-refractivity contribution in [1.82, 2.24) is 9.88 Å². The Bertz CT molecular complexity index is 1640. The molecular formula is C35H33N3O2. The molecule has 0 aliphatic rings. The highest BCUT2D eigenvalue weighted by atomic mass is 16.5. The highest BCUT2D eigenvalue weighted by Crippen LogP contribution is 2.49. The molecular weight excluding hydrogens is 494 g/mol. The summed E-state index contributed by atoms with van der Waals surface area (Å²) in [5.74, 6) is -0.0109. The summed E-state index contributed by atoms with van der Waals surface area (Å²) < 4.78 is 5.85. The number of aromatic nitrogens is 1. The van der Waals surface area contributed by atoms with Crippen LogP contribution in [-0.2, 0) is 5.60 Å². The molecule has 0 aliphatic heterocycles. The second-order valence-electron chi connectivity index (χ2n) is 10.3. The minimum absolute atomic E-state index is 0.471. The predicted molar refractivity (Wildman–Crippen MR) is 162 cm³/mol. The standard InChI is InChI=1S/C35H33N3O2/c1-36-29-19-17-25(18-20-29)28-23-31(34(40-4)37-24-28)33(27-12-6-5-7-13-27)35(39,21-22-38(2)3)32-16-10-14-26-11-8-9-15-30(26)32/h5-20,23-24,33,39H,21-22H2,2-4H3. The third-order valence-corrected chi connectivity index (χ3v) is 7.52. The maximum atomic E-state index is 13.1. The van der Waals surface area contributed by atoms with Crippen LogP contribution in [0.1, 0.15) is 29.0 Å². The zero-order valence-electron chi connectivity index (χ0n) is 23.1. The van der Waals surface area contributed by atoms with Crippen molar-refractivity contribution in [3.8, 4) is 17.0 Å². The summed E-state index contributed by atoms with van der Waals surface area (Å²) in [6.07, 6.45) is 2.27. The van der Waals surface area contributed by atoms with E-state index in [0.717, 1.165) is 38.6 Å². The van der Waals surface area contributed by atoms with Gasteiger partial charge in [0.05, 0.1) is 13.7 Å². The Kier molecular flexibility index (Phi) is 7.93. The fourth-order valence-electron chi connectivity index (χ4n) is 5.52. The van der Waals surface area contributed by atoms with Crippen molar-refractivity contribution < 1.29 is 9.84 Å². The summed E-state index contributed by atoms with van der Waals surface area (Å²) in [6, 6.07) is 34.0. The van der Waals surface area contributed by atoms with Crippen LogP contribution in [0.15, 0.2) is 109 Å². The van der Waals surface area contributed by atoms with Gasteiger partial charge in [0.15, 0.2) is 5.69 Å². The van der Waals surface area contributed by atoms with Gasteiger partial charge in [0.2, 0.25) is 5.88 Å². The average Bonchev–Trinajstić information content (AvgIpc) is 3.00. The van der Waals surface area contributed by atoms with Gasteiger partial charge in [-0.15, -0.1) is 0 Å². The molecule has 5 nitrogen and oxygen atoms in total. The number of aliphatic hydroxyl groups is 1. The number of hydrogen-bond acceptors (Lipinski definition) is 4. The molecule has 2 unspecified atom stereocenters. The smallest absolute Gasteiger partial charge is 0.217 e. The van der Waals surface area contributed by atoms with Gasteiger partial charge in [-0.25, -0.2) is 9.83 Å². The first-order valence-electron chi connectivity index (χ1n) is 13.4. The number of methoxy groups -OCH3 is 1. The van der Waals surface area contributed by atoms with Gasteiger partial charge in [-0.05, 0) is 54.0 Å². The highest BCUT2D eigenvalue weighted by Gasteiger charge is 2.43. The van der Waals surface area contributed by atoms with Crippen molar-refractivity contribution in [3.05, 3.63) is 137 Å². The summed E-state index contributed by atoms with van der Waals surface area (Å²) in [5.41, 5.74) is 3.76. The van der Waals surface area contributed by atoms with Crippen LogP contribution in [0.3, 0.4) is 0 Å². The second-order valence-corrected chi connectivity index (χ2v) is 10.3. The molecule has 5 rings (SSSR count). The zero-order valence-corrected chi connectivity index (χ0v) is 23.1. The summed E-state index contributed by atoms with van der Waals surface area (Å²) >= 11 is 0. The van der Waals surface area contributed by atoms with Gasteiger partial charge in [-0.2, -0.15) is 0 Å². The Hall–Kier alpha value is -4.50. The number of ether oxygens (including phenoxy) is 1. The maximum absolute atomic E-state index is 13.1. The van der Waals surface area contributed by atoms with E-state index in [4.69, 9.17) is 16.3 Å². The minimum Gasteiger partial charge on any atom is -0.481 e. The Morgan fingerprint density at radius 1 is 0.900 bits per heavy atom. The van der Waals surface area contributed by atoms with Crippen molar-refractivity contribution >= 4 is 16.5 Å². The fourth-order valence-corrected chi connectivity index (χ4v) is 5.52. The van der Waals surface area contributed by atoms with Gasteiger partial charge in [-0.3, -0.25) is 0 Å². The molecule has 0 spiro atoms. The summed E-state index contributed by atoms with van der Waals surface area (Å²) in [7, 11) is 5.67. The molecule has 1 heterocycles. The van der Waals surface area contributed by atoms with Crippen LogP contribution in [-0.4, -0.2) is 42.7 Å². The van der Waals surface area contributed by atoms with E-state index < -0.39 is 11.5 Å². The van der Waals surface area contributed by atoms with Crippen LogP contribution < -0.4 is 4.74 Å². The van der Waals surface area contributed by atoms with E-state index in [1.807, 2.05) is 80.8 Å². The molecule has 1 aromatic heterocycles. The van der Waals surface area contributed by atoms with E-state index in [1.165, 1.54) is 0 Å². The topological polar surface area (TPSA) is 50.0 Å². The van der Waals surface area contributed by atoms with Gasteiger partial charge in [-0.1, -0.05) is 97.1 Å². The van der Waals surface area contributed by atoms with Crippen LogP contribution in [0, 0.1) is 6.57 Å². The molecule has 4 aromatic carbocycles. The first-order valence-corrected chi connectivity index (χ1v) is 13.4. The molecule has 5 aromatic rings. The van der Waals surface area contributed by atoms with Crippen LogP contribution >= 0.6 is 0 Å². The Balaban J connectivity index is 1.79. The van der Waals surface area contributed by atoms with Crippen molar-refractivity contribution in [1.29, 1.82) is 0 Å². The molecule has 0 bridgehead atoms. The van der Waals surface area contributed by atoms with Gasteiger partial charge in [0, 0.05) is 29.8 Å². The molecule has 2 atom stereocenters. The fraction of sp³-hybridized carbons (Fsp3) is 0.200. The SMILES string of the molecule is [C-]#[N+]c1ccc(-c2cnc(OC)c(C(c3ccccc3)C(O)(CCN(C)C)c3cccc4ccccc34)c2)cc1. The first kappa shape index (κ1) is 27.1. The third-order valence-electron chi connectivity index (χ3n) is 7.52. The number of fused-ring (bicyclic) bond motifs is 1. The largest absolute Gasteiger partial charge is 0.481 e. The van der Waals surface area contributed by atoms with Crippen molar-refractivity contribution in [2.45, 2.75) is 17.9 Å². The van der Waals surface area contributed by atoms with Crippen LogP contribution in [0.5, 0.6) is 5.88 Å². The van der Waals surface area contributed by atoms with Crippen LogP contribution in [0.2, 0.25) is 0 Å². The normalized spacial score (nSPS) is 13.5. The molecule has 0 fully saturated rings. The van der Waals surface area contributed by atoms with E-state index in [2.05, 4.69) is 46.1 Å². The van der Waals surface area contributed by atoms with Crippen molar-refractivity contribution in [3.63, 3.8) is 0 Å². The molecule has 0 aliphatic carbocycles. The summed E-state index contributed by atoms with van der Waals surface area (Å²) in [5, 5.41) is 15.2. The second kappa shape index (κ2) is 11.7. The van der Waals surface area contributed by atoms with E-state index in [9.17, 15) is 5.11 Å². The Morgan fingerprint density at radius 2 is 1.60 bits per heavy atom. The number of nitrogens with zero attached hydrogens (tertiary/aromatic N) is 3. The molecule has 1 N–H and O–H groups in total. The lowest BCUT2D eigenvalue weighted by molar-refractivity contribution is 0.00517. The lowest BCUT2D eigenvalue weighted by Gasteiger charge is -2.39. The Labute approximate surface area is 236 Å². The Morgan fingerprint density at radius 3 is 2.30 bits per heavy atom. The molecule has 0 radical (unpaired) electrons. The molecule has 0 saturated heterocycles. The number of benzene rings is 4. The minimum atomic E-state index is -1.30. The van der Waals surface area contributed by atoms with Crippen LogP contribution in [0.25, 0.3) is 26.7 Å². The maximum Gasteiger partial charge on any atom is 0.217 e. The lowest BCUT2D eigenvalue weighted by Crippen LogP contribution is -2.38. The van der Waals surface area contributed by atoms with Gasteiger partial charge >= 0.3 is 0 Å². The molecule has 5 heteroatoms. The number of pyridine rings is 1. The lowest BCUT2D eigenvalue weighted by atomic mass is 9.70. The average molecular weight is 528 g/mol. The van der Waals surface area contributed by atoms with E-state index in [-0.39, 0.29) is 0 Å². The predicted octanol–water partition coefficient (Wildman–Crippen LogP) is 7.43. The van der Waals surface area contributed by atoms with Gasteiger partial charge in [0.25, 0.3) is 0 Å². The summed E-state index contributed by atoms with van der Waals surface area (Å²) in [4.78, 5) is 10.3. The summed E-state index contributed by atoms with van der Waals surface area (Å²) in [6.45, 7) is 7.98. The number of rotatable bonds is 9. The van der Waals surface area contributed by atoms with Gasteiger partial charge in [0.1, 0.15) is 5.60 Å². The molecule has 0 amide bonds. The zero-order chi connectivity index (χ0) is 28.1. The monoisotopic (exact) mass is 527 g/mol. The van der Waals surface area contributed by atoms with Crippen molar-refractivity contribution in [2.75, 3.05) is 27.7 Å². The molecule has 200 valence electrons. The van der Waals surface area contributed by atoms with Crippen molar-refractivity contribution in [2.24, 2.45) is 0 Å². The number of hydrogen-bond donors (Lipinski definition) is 1. The quantitative estimate of drug-likeness (QED) is 0.203. The molecule has 40 heavy (non-hydrogen) atoms. The van der Waals surface area contributed by atoms with E-state index >= 15 is 0 Å². The molecule has 0 saturated carbocycles. The van der Waals surface area contributed by atoms with E-state index in [1.54, 1.807) is 13.3 Å². The van der Waals surface area contributed by atoms with E-state index in [0.29, 0.717) is 24.5 Å². The highest BCUT2D eigenvalue weighted by molar-refractivity contribution is 5.86. The first-order chi connectivity index (χ1) is 19.4. The third kappa shape index (κ3) is 5.33.